The lowest BCUT2D eigenvalue weighted by molar-refractivity contribution is -0.134. The van der Waals surface area contributed by atoms with E-state index in [2.05, 4.69) is 9.88 Å². The number of halogens is 1. The Morgan fingerprint density at radius 3 is 2.42 bits per heavy atom. The quantitative estimate of drug-likeness (QED) is 0.592. The molecule has 0 radical (unpaired) electrons. The summed E-state index contributed by atoms with van der Waals surface area (Å²) in [5.41, 5.74) is 2.30. The molecule has 3 heterocycles. The van der Waals surface area contributed by atoms with Gasteiger partial charge in [0.2, 0.25) is 11.8 Å². The molecule has 2 aromatic rings. The molecule has 0 saturated carbocycles. The van der Waals surface area contributed by atoms with E-state index in [4.69, 9.17) is 4.74 Å². The van der Waals surface area contributed by atoms with Crippen LogP contribution in [0.2, 0.25) is 0 Å². The smallest absolute Gasteiger partial charge is 0.416 e. The van der Waals surface area contributed by atoms with Gasteiger partial charge in [-0.05, 0) is 44.2 Å². The normalized spacial score (nSPS) is 17.6. The van der Waals surface area contributed by atoms with E-state index < -0.39 is 18.1 Å². The Hall–Kier alpha value is -3.95. The number of carbonyl (C=O) groups is 3. The Kier molecular flexibility index (Phi) is 7.23. The minimum absolute atomic E-state index is 0.0282. The SMILES string of the molecule is CC(=O)N(C)[C@@H]1CN(c2ccc(-c3ccc(N4CCN(C(=O)C=C(C)C)CC4)nc3)c(F)c2)C(=O)O1. The highest BCUT2D eigenvalue weighted by molar-refractivity contribution is 5.91. The number of rotatable bonds is 5. The Morgan fingerprint density at radius 1 is 1.11 bits per heavy atom. The van der Waals surface area contributed by atoms with Crippen molar-refractivity contribution in [2.45, 2.75) is 27.0 Å². The third-order valence-electron chi connectivity index (χ3n) is 6.38. The highest BCUT2D eigenvalue weighted by atomic mass is 19.1. The number of allylic oxidation sites excluding steroid dienone is 1. The van der Waals surface area contributed by atoms with Gasteiger partial charge >= 0.3 is 6.09 Å². The van der Waals surface area contributed by atoms with E-state index in [9.17, 15) is 14.4 Å². The zero-order valence-electron chi connectivity index (χ0n) is 20.9. The van der Waals surface area contributed by atoms with Gasteiger partial charge < -0.3 is 19.4 Å². The van der Waals surface area contributed by atoms with Crippen molar-refractivity contribution >= 4 is 29.4 Å². The van der Waals surface area contributed by atoms with Gasteiger partial charge in [-0.3, -0.25) is 14.5 Å². The number of carbonyl (C=O) groups excluding carboxylic acids is 3. The molecular weight excluding hydrogens is 465 g/mol. The summed E-state index contributed by atoms with van der Waals surface area (Å²) in [6.07, 6.45) is 1.92. The maximum Gasteiger partial charge on any atom is 0.416 e. The second kappa shape index (κ2) is 10.3. The first-order valence-electron chi connectivity index (χ1n) is 11.8. The maximum absolute atomic E-state index is 15.0. The molecule has 3 amide bonds. The van der Waals surface area contributed by atoms with Crippen LogP contribution in [-0.2, 0) is 14.3 Å². The van der Waals surface area contributed by atoms with Crippen LogP contribution in [0.4, 0.5) is 20.7 Å². The van der Waals surface area contributed by atoms with Crippen LogP contribution in [0.5, 0.6) is 0 Å². The number of anilines is 2. The summed E-state index contributed by atoms with van der Waals surface area (Å²) in [7, 11) is 1.55. The number of aromatic nitrogens is 1. The summed E-state index contributed by atoms with van der Waals surface area (Å²) in [4.78, 5) is 47.1. The molecule has 10 heteroatoms. The fourth-order valence-corrected chi connectivity index (χ4v) is 4.20. The largest absolute Gasteiger partial charge is 0.423 e. The number of pyridine rings is 1. The van der Waals surface area contributed by atoms with E-state index in [-0.39, 0.29) is 18.4 Å². The van der Waals surface area contributed by atoms with Crippen LogP contribution in [0.1, 0.15) is 20.8 Å². The second-order valence-corrected chi connectivity index (χ2v) is 9.18. The zero-order valence-corrected chi connectivity index (χ0v) is 20.9. The Labute approximate surface area is 209 Å². The summed E-state index contributed by atoms with van der Waals surface area (Å²) in [6, 6.07) is 8.18. The molecule has 190 valence electrons. The molecule has 2 fully saturated rings. The molecule has 9 nitrogen and oxygen atoms in total. The molecule has 1 aromatic heterocycles. The van der Waals surface area contributed by atoms with Crippen molar-refractivity contribution < 1.29 is 23.5 Å². The molecular formula is C26H30FN5O4. The number of amides is 3. The molecule has 0 bridgehead atoms. The highest BCUT2D eigenvalue weighted by Gasteiger charge is 2.36. The zero-order chi connectivity index (χ0) is 26.0. The van der Waals surface area contributed by atoms with E-state index in [1.165, 1.54) is 22.8 Å². The standard InChI is InChI=1S/C26H30FN5O4/c1-17(2)13-24(34)31-11-9-30(10-12-31)23-8-5-19(15-28-23)21-7-6-20(14-22(21)27)32-16-25(36-26(32)35)29(4)18(3)33/h5-8,13-15,25H,9-12,16H2,1-4H3/t25-/m0/s1. The molecule has 2 aliphatic heterocycles. The average Bonchev–Trinajstić information content (AvgIpc) is 3.24. The van der Waals surface area contributed by atoms with Crippen molar-refractivity contribution in [2.75, 3.05) is 49.6 Å². The number of hydrogen-bond donors (Lipinski definition) is 0. The van der Waals surface area contributed by atoms with Crippen molar-refractivity contribution in [3.63, 3.8) is 0 Å². The first-order chi connectivity index (χ1) is 17.1. The Balaban J connectivity index is 1.42. The maximum atomic E-state index is 15.0. The summed E-state index contributed by atoms with van der Waals surface area (Å²) >= 11 is 0. The molecule has 4 rings (SSSR count). The van der Waals surface area contributed by atoms with Gasteiger partial charge in [0.05, 0.1) is 12.2 Å². The van der Waals surface area contributed by atoms with Gasteiger partial charge in [0.25, 0.3) is 0 Å². The van der Waals surface area contributed by atoms with E-state index in [1.54, 1.807) is 31.5 Å². The highest BCUT2D eigenvalue weighted by Crippen LogP contribution is 2.30. The Bertz CT molecular complexity index is 1190. The molecule has 0 spiro atoms. The lowest BCUT2D eigenvalue weighted by Crippen LogP contribution is -2.48. The minimum atomic E-state index is -0.721. The first-order valence-corrected chi connectivity index (χ1v) is 11.8. The van der Waals surface area contributed by atoms with E-state index in [0.717, 1.165) is 11.4 Å². The topological polar surface area (TPSA) is 86.3 Å². The lowest BCUT2D eigenvalue weighted by Gasteiger charge is -2.35. The molecule has 2 saturated heterocycles. The predicted molar refractivity (Wildman–Crippen MR) is 134 cm³/mol. The van der Waals surface area contributed by atoms with Crippen LogP contribution >= 0.6 is 0 Å². The molecule has 0 aliphatic carbocycles. The summed E-state index contributed by atoms with van der Waals surface area (Å²) in [6.45, 7) is 7.89. The third-order valence-corrected chi connectivity index (χ3v) is 6.38. The molecule has 2 aliphatic rings. The van der Waals surface area contributed by atoms with Gasteiger partial charge in [-0.25, -0.2) is 14.2 Å². The minimum Gasteiger partial charge on any atom is -0.423 e. The van der Waals surface area contributed by atoms with Gasteiger partial charge in [0, 0.05) is 63.6 Å². The van der Waals surface area contributed by atoms with Gasteiger partial charge in [0.1, 0.15) is 11.6 Å². The average molecular weight is 496 g/mol. The monoisotopic (exact) mass is 495 g/mol. The third kappa shape index (κ3) is 5.32. The van der Waals surface area contributed by atoms with Crippen LogP contribution in [0.3, 0.4) is 0 Å². The van der Waals surface area contributed by atoms with Gasteiger partial charge in [0.15, 0.2) is 6.23 Å². The summed E-state index contributed by atoms with van der Waals surface area (Å²) in [5, 5.41) is 0. The number of ether oxygens (including phenoxy) is 1. The number of nitrogens with zero attached hydrogens (tertiary/aromatic N) is 5. The van der Waals surface area contributed by atoms with E-state index in [0.29, 0.717) is 43.0 Å². The van der Waals surface area contributed by atoms with E-state index in [1.807, 2.05) is 30.9 Å². The van der Waals surface area contributed by atoms with Crippen LogP contribution in [0.25, 0.3) is 11.1 Å². The second-order valence-electron chi connectivity index (χ2n) is 9.18. The number of piperazine rings is 1. The van der Waals surface area contributed by atoms with Crippen molar-refractivity contribution in [1.29, 1.82) is 0 Å². The van der Waals surface area contributed by atoms with Crippen LogP contribution in [-0.4, -0.2) is 78.7 Å². The number of hydrogen-bond acceptors (Lipinski definition) is 6. The van der Waals surface area contributed by atoms with Crippen LogP contribution in [0.15, 0.2) is 48.2 Å². The molecule has 1 aromatic carbocycles. The molecule has 0 N–H and O–H groups in total. The number of cyclic esters (lactones) is 1. The van der Waals surface area contributed by atoms with E-state index >= 15 is 4.39 Å². The summed E-state index contributed by atoms with van der Waals surface area (Å²) in [5.74, 6) is 0.0712. The van der Waals surface area contributed by atoms with Crippen LogP contribution in [0, 0.1) is 5.82 Å². The van der Waals surface area contributed by atoms with Gasteiger partial charge in [-0.15, -0.1) is 0 Å². The molecule has 0 unspecified atom stereocenters. The molecule has 1 atom stereocenters. The van der Waals surface area contributed by atoms with Crippen molar-refractivity contribution in [2.24, 2.45) is 0 Å². The van der Waals surface area contributed by atoms with Crippen molar-refractivity contribution in [3.8, 4) is 11.1 Å². The fourth-order valence-electron chi connectivity index (χ4n) is 4.20. The Morgan fingerprint density at radius 2 is 1.83 bits per heavy atom. The predicted octanol–water partition coefficient (Wildman–Crippen LogP) is 3.26. The first kappa shape index (κ1) is 25.2. The summed E-state index contributed by atoms with van der Waals surface area (Å²) < 4.78 is 20.3. The molecule has 36 heavy (non-hydrogen) atoms. The van der Waals surface area contributed by atoms with Gasteiger partial charge in [-0.1, -0.05) is 5.57 Å². The van der Waals surface area contributed by atoms with Crippen LogP contribution < -0.4 is 9.80 Å². The number of likely N-dealkylation sites (N-methyl/N-ethyl adjacent to an activating group) is 1. The lowest BCUT2D eigenvalue weighted by atomic mass is 10.1. The van der Waals surface area contributed by atoms with Crippen molar-refractivity contribution in [1.82, 2.24) is 14.8 Å². The van der Waals surface area contributed by atoms with Gasteiger partial charge in [-0.2, -0.15) is 0 Å². The van der Waals surface area contributed by atoms with Crippen molar-refractivity contribution in [3.05, 3.63) is 54.0 Å². The fraction of sp³-hybridized carbons (Fsp3) is 0.385. The number of benzene rings is 1.